The van der Waals surface area contributed by atoms with Crippen LogP contribution in [0.1, 0.15) is 36.0 Å². The molecular weight excluding hydrogens is 286 g/mol. The van der Waals surface area contributed by atoms with E-state index in [0.717, 1.165) is 36.1 Å². The van der Waals surface area contributed by atoms with Gasteiger partial charge in [0.25, 0.3) is 5.91 Å². The van der Waals surface area contributed by atoms with Crippen molar-refractivity contribution in [2.75, 3.05) is 6.61 Å². The number of rotatable bonds is 5. The lowest BCUT2D eigenvalue weighted by Crippen LogP contribution is -2.52. The molecule has 3 rings (SSSR count). The molecule has 3 nitrogen and oxygen atoms in total. The Labute approximate surface area is 137 Å². The molecule has 2 aromatic rings. The molecule has 0 aromatic heterocycles. The Hall–Kier alpha value is -2.29. The Morgan fingerprint density at radius 1 is 1.13 bits per heavy atom. The van der Waals surface area contributed by atoms with Crippen molar-refractivity contribution in [3.8, 4) is 5.75 Å². The summed E-state index contributed by atoms with van der Waals surface area (Å²) in [5, 5.41) is 3.19. The third-order valence-electron chi connectivity index (χ3n) is 4.61. The normalized spacial score (nSPS) is 15.6. The van der Waals surface area contributed by atoms with Gasteiger partial charge in [0.1, 0.15) is 5.75 Å². The summed E-state index contributed by atoms with van der Waals surface area (Å²) < 4.78 is 5.72. The van der Waals surface area contributed by atoms with E-state index in [9.17, 15) is 4.79 Å². The van der Waals surface area contributed by atoms with Crippen LogP contribution >= 0.6 is 0 Å². The van der Waals surface area contributed by atoms with E-state index in [-0.39, 0.29) is 18.1 Å². The molecule has 0 radical (unpaired) electrons. The molecule has 2 aromatic carbocycles. The van der Waals surface area contributed by atoms with Gasteiger partial charge in [-0.3, -0.25) is 4.79 Å². The Morgan fingerprint density at radius 2 is 1.87 bits per heavy atom. The van der Waals surface area contributed by atoms with Crippen molar-refractivity contribution >= 4 is 5.91 Å². The average molecular weight is 309 g/mol. The smallest absolute Gasteiger partial charge is 0.258 e. The van der Waals surface area contributed by atoms with Crippen LogP contribution in [0.2, 0.25) is 0 Å². The van der Waals surface area contributed by atoms with Crippen molar-refractivity contribution in [1.82, 2.24) is 5.32 Å². The molecule has 1 aliphatic rings. The minimum atomic E-state index is -0.205. The van der Waals surface area contributed by atoms with Gasteiger partial charge in [-0.25, -0.2) is 0 Å². The molecule has 1 fully saturated rings. The molecule has 0 unspecified atom stereocenters. The molecule has 0 bridgehead atoms. The zero-order valence-corrected chi connectivity index (χ0v) is 13.8. The first kappa shape index (κ1) is 15.6. The summed E-state index contributed by atoms with van der Waals surface area (Å²) in [7, 11) is 0. The lowest BCUT2D eigenvalue weighted by molar-refractivity contribution is -0.126. The van der Waals surface area contributed by atoms with E-state index in [1.165, 1.54) is 5.56 Å². The number of carbonyl (C=O) groups excluding carboxylic acids is 1. The standard InChI is InChI=1S/C20H23NO2/c1-15-9-10-16(2)18(13-15)23-14-19(22)21-20(11-6-12-20)17-7-4-3-5-8-17/h3-5,7-10,13H,6,11-12,14H2,1-2H3,(H,21,22). The van der Waals surface area contributed by atoms with Gasteiger partial charge in [-0.15, -0.1) is 0 Å². The summed E-state index contributed by atoms with van der Waals surface area (Å²) in [6.45, 7) is 4.06. The molecule has 0 spiro atoms. The van der Waals surface area contributed by atoms with Gasteiger partial charge in [0.05, 0.1) is 5.54 Å². The van der Waals surface area contributed by atoms with Gasteiger partial charge in [-0.1, -0.05) is 42.5 Å². The van der Waals surface area contributed by atoms with Crippen molar-refractivity contribution in [2.24, 2.45) is 0 Å². The van der Waals surface area contributed by atoms with Crippen LogP contribution in [0.5, 0.6) is 5.75 Å². The second-order valence-electron chi connectivity index (χ2n) is 6.41. The summed E-state index contributed by atoms with van der Waals surface area (Å²) in [4.78, 5) is 12.4. The average Bonchev–Trinajstić information content (AvgIpc) is 2.52. The van der Waals surface area contributed by atoms with E-state index in [4.69, 9.17) is 4.74 Å². The molecule has 1 N–H and O–H groups in total. The van der Waals surface area contributed by atoms with E-state index in [1.807, 2.05) is 50.2 Å². The number of amides is 1. The minimum absolute atomic E-state index is 0.0544. The van der Waals surface area contributed by atoms with Gasteiger partial charge in [0, 0.05) is 0 Å². The first-order valence-corrected chi connectivity index (χ1v) is 8.16. The molecular formula is C20H23NO2. The maximum absolute atomic E-state index is 12.4. The molecule has 1 amide bonds. The number of nitrogens with one attached hydrogen (secondary N) is 1. The van der Waals surface area contributed by atoms with Crippen LogP contribution in [0, 0.1) is 13.8 Å². The number of benzene rings is 2. The van der Waals surface area contributed by atoms with Crippen molar-refractivity contribution in [2.45, 2.75) is 38.6 Å². The molecule has 120 valence electrons. The van der Waals surface area contributed by atoms with Crippen LogP contribution in [0.25, 0.3) is 0 Å². The topological polar surface area (TPSA) is 38.3 Å². The highest BCUT2D eigenvalue weighted by molar-refractivity contribution is 5.78. The highest BCUT2D eigenvalue weighted by Gasteiger charge is 2.39. The first-order chi connectivity index (χ1) is 11.1. The molecule has 0 atom stereocenters. The summed E-state index contributed by atoms with van der Waals surface area (Å²) in [6.07, 6.45) is 3.13. The van der Waals surface area contributed by atoms with Gasteiger partial charge in [0.2, 0.25) is 0 Å². The van der Waals surface area contributed by atoms with Crippen LogP contribution in [0.4, 0.5) is 0 Å². The number of carbonyl (C=O) groups is 1. The fraction of sp³-hybridized carbons (Fsp3) is 0.350. The van der Waals surface area contributed by atoms with Crippen LogP contribution in [-0.2, 0) is 10.3 Å². The van der Waals surface area contributed by atoms with Crippen molar-refractivity contribution in [3.05, 3.63) is 65.2 Å². The molecule has 0 heterocycles. The number of ether oxygens (including phenoxy) is 1. The highest BCUT2D eigenvalue weighted by Crippen LogP contribution is 2.41. The van der Waals surface area contributed by atoms with Crippen LogP contribution in [0.15, 0.2) is 48.5 Å². The maximum atomic E-state index is 12.4. The fourth-order valence-corrected chi connectivity index (χ4v) is 3.08. The van der Waals surface area contributed by atoms with E-state index in [0.29, 0.717) is 0 Å². The summed E-state index contributed by atoms with van der Waals surface area (Å²) in [6, 6.07) is 16.2. The first-order valence-electron chi connectivity index (χ1n) is 8.16. The van der Waals surface area contributed by atoms with Gasteiger partial charge >= 0.3 is 0 Å². The lowest BCUT2D eigenvalue weighted by Gasteiger charge is -2.43. The predicted molar refractivity (Wildman–Crippen MR) is 91.5 cm³/mol. The monoisotopic (exact) mass is 309 g/mol. The van der Waals surface area contributed by atoms with E-state index < -0.39 is 0 Å². The van der Waals surface area contributed by atoms with Gasteiger partial charge in [0.15, 0.2) is 6.61 Å². The van der Waals surface area contributed by atoms with Gasteiger partial charge < -0.3 is 10.1 Å². The van der Waals surface area contributed by atoms with Crippen molar-refractivity contribution < 1.29 is 9.53 Å². The predicted octanol–water partition coefficient (Wildman–Crippen LogP) is 3.88. The van der Waals surface area contributed by atoms with Gasteiger partial charge in [-0.05, 0) is 55.9 Å². The zero-order valence-electron chi connectivity index (χ0n) is 13.8. The molecule has 1 saturated carbocycles. The Morgan fingerprint density at radius 3 is 2.52 bits per heavy atom. The summed E-state index contributed by atoms with van der Waals surface area (Å²) in [5.41, 5.74) is 3.16. The Bertz CT molecular complexity index is 690. The maximum Gasteiger partial charge on any atom is 0.258 e. The van der Waals surface area contributed by atoms with Crippen molar-refractivity contribution in [3.63, 3.8) is 0 Å². The summed E-state index contributed by atoms with van der Waals surface area (Å²) >= 11 is 0. The van der Waals surface area contributed by atoms with Crippen LogP contribution < -0.4 is 10.1 Å². The van der Waals surface area contributed by atoms with Crippen LogP contribution in [-0.4, -0.2) is 12.5 Å². The van der Waals surface area contributed by atoms with E-state index >= 15 is 0 Å². The molecule has 3 heteroatoms. The third kappa shape index (κ3) is 3.39. The fourth-order valence-electron chi connectivity index (χ4n) is 3.08. The quantitative estimate of drug-likeness (QED) is 0.910. The van der Waals surface area contributed by atoms with Gasteiger partial charge in [-0.2, -0.15) is 0 Å². The Balaban J connectivity index is 1.64. The molecule has 0 saturated heterocycles. The van der Waals surface area contributed by atoms with Crippen LogP contribution in [0.3, 0.4) is 0 Å². The molecule has 1 aliphatic carbocycles. The zero-order chi connectivity index (χ0) is 16.3. The second-order valence-corrected chi connectivity index (χ2v) is 6.41. The summed E-state index contributed by atoms with van der Waals surface area (Å²) in [5.74, 6) is 0.719. The largest absolute Gasteiger partial charge is 0.483 e. The number of hydrogen-bond donors (Lipinski definition) is 1. The highest BCUT2D eigenvalue weighted by atomic mass is 16.5. The Kier molecular flexibility index (Phi) is 4.37. The number of aryl methyl sites for hydroxylation is 2. The van der Waals surface area contributed by atoms with E-state index in [2.05, 4.69) is 17.4 Å². The van der Waals surface area contributed by atoms with E-state index in [1.54, 1.807) is 0 Å². The molecule has 0 aliphatic heterocycles. The van der Waals surface area contributed by atoms with Crippen molar-refractivity contribution in [1.29, 1.82) is 0 Å². The SMILES string of the molecule is Cc1ccc(C)c(OCC(=O)NC2(c3ccccc3)CCC2)c1. The molecule has 23 heavy (non-hydrogen) atoms. The lowest BCUT2D eigenvalue weighted by atomic mass is 9.72. The third-order valence-corrected chi connectivity index (χ3v) is 4.61. The number of hydrogen-bond acceptors (Lipinski definition) is 2. The minimum Gasteiger partial charge on any atom is -0.483 e. The second kappa shape index (κ2) is 6.45.